The molecule has 1 aromatic carbocycles. The highest BCUT2D eigenvalue weighted by Gasteiger charge is 2.24. The van der Waals surface area contributed by atoms with E-state index in [4.69, 9.17) is 11.5 Å². The molecule has 1 amide bonds. The van der Waals surface area contributed by atoms with E-state index in [9.17, 15) is 4.79 Å². The maximum absolute atomic E-state index is 12.3. The fourth-order valence-corrected chi connectivity index (χ4v) is 2.02. The maximum atomic E-state index is 12.3. The Kier molecular flexibility index (Phi) is 3.19. The molecule has 1 fully saturated rings. The van der Waals surface area contributed by atoms with E-state index in [0.29, 0.717) is 16.9 Å². The van der Waals surface area contributed by atoms with Crippen molar-refractivity contribution in [3.63, 3.8) is 0 Å². The first-order valence-corrected chi connectivity index (χ1v) is 5.76. The van der Waals surface area contributed by atoms with E-state index in [0.717, 1.165) is 19.6 Å². The molecule has 1 saturated heterocycles. The zero-order chi connectivity index (χ0) is 12.4. The van der Waals surface area contributed by atoms with Gasteiger partial charge in [0.2, 0.25) is 0 Å². The number of carbonyl (C=O) groups is 1. The molecular weight excluding hydrogens is 216 g/mol. The van der Waals surface area contributed by atoms with Gasteiger partial charge in [-0.3, -0.25) is 4.79 Å². The summed E-state index contributed by atoms with van der Waals surface area (Å²) in [5.74, 6) is 0.0192. The Morgan fingerprint density at radius 2 is 2.18 bits per heavy atom. The van der Waals surface area contributed by atoms with E-state index in [1.807, 2.05) is 11.8 Å². The van der Waals surface area contributed by atoms with Gasteiger partial charge in [-0.1, -0.05) is 0 Å². The summed E-state index contributed by atoms with van der Waals surface area (Å²) >= 11 is 0. The van der Waals surface area contributed by atoms with Crippen molar-refractivity contribution in [1.29, 1.82) is 0 Å². The molecule has 0 saturated carbocycles. The highest BCUT2D eigenvalue weighted by molar-refractivity contribution is 5.96. The SMILES string of the molecule is CC1CNCCN1C(=O)c1ccc(N)c(N)c1. The molecule has 1 unspecified atom stereocenters. The number of hydrogen-bond donors (Lipinski definition) is 3. The molecule has 1 aliphatic heterocycles. The lowest BCUT2D eigenvalue weighted by molar-refractivity contribution is 0.0656. The second-order valence-corrected chi connectivity index (χ2v) is 4.40. The van der Waals surface area contributed by atoms with Gasteiger partial charge in [-0.25, -0.2) is 0 Å². The second kappa shape index (κ2) is 4.63. The van der Waals surface area contributed by atoms with Gasteiger partial charge >= 0.3 is 0 Å². The van der Waals surface area contributed by atoms with Crippen molar-refractivity contribution >= 4 is 17.3 Å². The van der Waals surface area contributed by atoms with E-state index in [2.05, 4.69) is 5.32 Å². The molecule has 1 aromatic rings. The van der Waals surface area contributed by atoms with Crippen LogP contribution in [0.25, 0.3) is 0 Å². The Labute approximate surface area is 101 Å². The lowest BCUT2D eigenvalue weighted by Crippen LogP contribution is -2.52. The molecular formula is C12H18N4O. The van der Waals surface area contributed by atoms with Crippen LogP contribution in [-0.4, -0.2) is 36.5 Å². The van der Waals surface area contributed by atoms with Gasteiger partial charge in [-0.05, 0) is 25.1 Å². The molecule has 5 N–H and O–H groups in total. The average molecular weight is 234 g/mol. The van der Waals surface area contributed by atoms with Crippen molar-refractivity contribution in [2.75, 3.05) is 31.1 Å². The minimum atomic E-state index is 0.0192. The van der Waals surface area contributed by atoms with Crippen molar-refractivity contribution in [2.45, 2.75) is 13.0 Å². The number of nitrogen functional groups attached to an aromatic ring is 2. The van der Waals surface area contributed by atoms with Gasteiger partial charge < -0.3 is 21.7 Å². The predicted octanol–water partition coefficient (Wildman–Crippen LogP) is 0.285. The van der Waals surface area contributed by atoms with Crippen LogP contribution in [0.2, 0.25) is 0 Å². The normalized spacial score (nSPS) is 20.3. The van der Waals surface area contributed by atoms with Gasteiger partial charge in [-0.15, -0.1) is 0 Å². The van der Waals surface area contributed by atoms with Gasteiger partial charge in [0.05, 0.1) is 11.4 Å². The van der Waals surface area contributed by atoms with Crippen LogP contribution in [0.5, 0.6) is 0 Å². The molecule has 0 radical (unpaired) electrons. The Morgan fingerprint density at radius 3 is 2.82 bits per heavy atom. The van der Waals surface area contributed by atoms with Gasteiger partial charge in [0, 0.05) is 31.2 Å². The Hall–Kier alpha value is -1.75. The number of anilines is 2. The molecule has 5 nitrogen and oxygen atoms in total. The number of nitrogens with two attached hydrogens (primary N) is 2. The molecule has 17 heavy (non-hydrogen) atoms. The first-order valence-electron chi connectivity index (χ1n) is 5.76. The lowest BCUT2D eigenvalue weighted by atomic mass is 10.1. The Morgan fingerprint density at radius 1 is 1.41 bits per heavy atom. The smallest absolute Gasteiger partial charge is 0.254 e. The van der Waals surface area contributed by atoms with Crippen molar-refractivity contribution in [3.8, 4) is 0 Å². The first-order chi connectivity index (χ1) is 8.09. The summed E-state index contributed by atoms with van der Waals surface area (Å²) in [4.78, 5) is 14.1. The van der Waals surface area contributed by atoms with Crippen molar-refractivity contribution < 1.29 is 4.79 Å². The summed E-state index contributed by atoms with van der Waals surface area (Å²) in [5.41, 5.74) is 12.9. The fourth-order valence-electron chi connectivity index (χ4n) is 2.02. The van der Waals surface area contributed by atoms with Crippen LogP contribution < -0.4 is 16.8 Å². The molecule has 1 heterocycles. The fraction of sp³-hybridized carbons (Fsp3) is 0.417. The van der Waals surface area contributed by atoms with Crippen LogP contribution in [0, 0.1) is 0 Å². The maximum Gasteiger partial charge on any atom is 0.254 e. The summed E-state index contributed by atoms with van der Waals surface area (Å²) < 4.78 is 0. The largest absolute Gasteiger partial charge is 0.397 e. The topological polar surface area (TPSA) is 84.4 Å². The van der Waals surface area contributed by atoms with Crippen LogP contribution in [0.1, 0.15) is 17.3 Å². The lowest BCUT2D eigenvalue weighted by Gasteiger charge is -2.34. The minimum absolute atomic E-state index is 0.0192. The summed E-state index contributed by atoms with van der Waals surface area (Å²) in [5, 5.41) is 3.25. The van der Waals surface area contributed by atoms with E-state index in [-0.39, 0.29) is 11.9 Å². The zero-order valence-electron chi connectivity index (χ0n) is 9.94. The molecule has 92 valence electrons. The highest BCUT2D eigenvalue weighted by Crippen LogP contribution is 2.18. The quantitative estimate of drug-likeness (QED) is 0.610. The summed E-state index contributed by atoms with van der Waals surface area (Å²) in [6, 6.07) is 5.25. The highest BCUT2D eigenvalue weighted by atomic mass is 16.2. The Balaban J connectivity index is 2.21. The zero-order valence-corrected chi connectivity index (χ0v) is 9.94. The average Bonchev–Trinajstić information content (AvgIpc) is 2.32. The Bertz CT molecular complexity index is 433. The molecule has 5 heteroatoms. The number of carbonyl (C=O) groups excluding carboxylic acids is 1. The van der Waals surface area contributed by atoms with Crippen LogP contribution in [0.4, 0.5) is 11.4 Å². The van der Waals surface area contributed by atoms with E-state index < -0.39 is 0 Å². The number of hydrogen-bond acceptors (Lipinski definition) is 4. The number of nitrogens with zero attached hydrogens (tertiary/aromatic N) is 1. The van der Waals surface area contributed by atoms with Crippen molar-refractivity contribution in [1.82, 2.24) is 10.2 Å². The van der Waals surface area contributed by atoms with E-state index in [1.54, 1.807) is 18.2 Å². The monoisotopic (exact) mass is 234 g/mol. The van der Waals surface area contributed by atoms with E-state index >= 15 is 0 Å². The molecule has 0 spiro atoms. The van der Waals surface area contributed by atoms with Gasteiger partial charge in [0.15, 0.2) is 0 Å². The third-order valence-corrected chi connectivity index (χ3v) is 3.10. The number of amides is 1. The van der Waals surface area contributed by atoms with Gasteiger partial charge in [-0.2, -0.15) is 0 Å². The second-order valence-electron chi connectivity index (χ2n) is 4.40. The van der Waals surface area contributed by atoms with Crippen LogP contribution in [-0.2, 0) is 0 Å². The number of benzene rings is 1. The first kappa shape index (κ1) is 11.7. The van der Waals surface area contributed by atoms with Crippen LogP contribution >= 0.6 is 0 Å². The van der Waals surface area contributed by atoms with Crippen molar-refractivity contribution in [2.24, 2.45) is 0 Å². The number of nitrogens with one attached hydrogen (secondary N) is 1. The molecule has 0 aromatic heterocycles. The van der Waals surface area contributed by atoms with Gasteiger partial charge in [0.25, 0.3) is 5.91 Å². The molecule has 0 bridgehead atoms. The van der Waals surface area contributed by atoms with Gasteiger partial charge in [0.1, 0.15) is 0 Å². The standard InChI is InChI=1S/C12H18N4O/c1-8-7-15-4-5-16(8)12(17)9-2-3-10(13)11(14)6-9/h2-3,6,8,15H,4-5,7,13-14H2,1H3. The predicted molar refractivity (Wildman–Crippen MR) is 68.6 cm³/mol. The number of rotatable bonds is 1. The molecule has 0 aliphatic carbocycles. The summed E-state index contributed by atoms with van der Waals surface area (Å²) in [6.45, 7) is 4.42. The summed E-state index contributed by atoms with van der Waals surface area (Å²) in [6.07, 6.45) is 0. The van der Waals surface area contributed by atoms with E-state index in [1.165, 1.54) is 0 Å². The summed E-state index contributed by atoms with van der Waals surface area (Å²) in [7, 11) is 0. The van der Waals surface area contributed by atoms with Crippen LogP contribution in [0.3, 0.4) is 0 Å². The minimum Gasteiger partial charge on any atom is -0.397 e. The molecule has 1 atom stereocenters. The van der Waals surface area contributed by atoms with Crippen LogP contribution in [0.15, 0.2) is 18.2 Å². The third kappa shape index (κ3) is 2.34. The number of piperazine rings is 1. The molecule has 2 rings (SSSR count). The molecule has 1 aliphatic rings. The van der Waals surface area contributed by atoms with Crippen molar-refractivity contribution in [3.05, 3.63) is 23.8 Å². The third-order valence-electron chi connectivity index (χ3n) is 3.10.